The predicted molar refractivity (Wildman–Crippen MR) is 132 cm³/mol. The number of aryl methyl sites for hydroxylation is 2. The maximum atomic E-state index is 6.43. The maximum absolute atomic E-state index is 6.43. The zero-order valence-corrected chi connectivity index (χ0v) is 18.3. The third-order valence-electron chi connectivity index (χ3n) is 6.42. The molecule has 158 valence electrons. The highest BCUT2D eigenvalue weighted by atomic mass is 16.3. The highest BCUT2D eigenvalue weighted by molar-refractivity contribution is 6.08. The second kappa shape index (κ2) is 6.56. The minimum Gasteiger partial charge on any atom is -0.454 e. The summed E-state index contributed by atoms with van der Waals surface area (Å²) < 4.78 is 10.8. The molecule has 0 spiro atoms. The molecule has 5 heteroatoms. The van der Waals surface area contributed by atoms with E-state index in [2.05, 4.69) is 69.8 Å². The maximum Gasteiger partial charge on any atom is 0.159 e. The number of fused-ring (bicyclic) bond motifs is 5. The molecule has 4 aromatic carbocycles. The summed E-state index contributed by atoms with van der Waals surface area (Å²) in [5.41, 5.74) is 7.96. The summed E-state index contributed by atoms with van der Waals surface area (Å²) in [6.45, 7) is 4.08. The fourth-order valence-electron chi connectivity index (χ4n) is 5.01. The van der Waals surface area contributed by atoms with Gasteiger partial charge in [-0.2, -0.15) is 0 Å². The molecule has 0 saturated heterocycles. The minimum atomic E-state index is 0.864. The lowest BCUT2D eigenvalue weighted by Gasteiger charge is -2.07. The van der Waals surface area contributed by atoms with Gasteiger partial charge in [-0.1, -0.05) is 36.4 Å². The molecule has 0 amide bonds. The van der Waals surface area contributed by atoms with Gasteiger partial charge < -0.3 is 4.42 Å². The number of hydrogen-bond donors (Lipinski definition) is 0. The van der Waals surface area contributed by atoms with Crippen molar-refractivity contribution in [3.63, 3.8) is 0 Å². The van der Waals surface area contributed by atoms with Crippen LogP contribution in [0.15, 0.2) is 89.3 Å². The SMILES string of the molecule is Cc1nc2ccccc2n1-c1ccc2oc3c(-n4c(C)nc5ccccc54)cccc3c2c1. The van der Waals surface area contributed by atoms with Crippen molar-refractivity contribution in [1.82, 2.24) is 19.1 Å². The number of benzene rings is 4. The fourth-order valence-corrected chi connectivity index (χ4v) is 5.01. The largest absolute Gasteiger partial charge is 0.454 e. The molecule has 0 atom stereocenters. The molecule has 0 radical (unpaired) electrons. The normalized spacial score (nSPS) is 11.9. The second-order valence-electron chi connectivity index (χ2n) is 8.40. The Labute approximate surface area is 189 Å². The molecule has 0 fully saturated rings. The molecular formula is C28H20N4O. The smallest absolute Gasteiger partial charge is 0.159 e. The van der Waals surface area contributed by atoms with E-state index >= 15 is 0 Å². The lowest BCUT2D eigenvalue weighted by atomic mass is 10.1. The van der Waals surface area contributed by atoms with Gasteiger partial charge in [0.05, 0.1) is 27.8 Å². The summed E-state index contributed by atoms with van der Waals surface area (Å²) in [4.78, 5) is 9.48. The Kier molecular flexibility index (Phi) is 3.62. The zero-order valence-electron chi connectivity index (χ0n) is 18.3. The predicted octanol–water partition coefficient (Wildman–Crippen LogP) is 6.88. The van der Waals surface area contributed by atoms with Gasteiger partial charge in [0.25, 0.3) is 0 Å². The van der Waals surface area contributed by atoms with Crippen LogP contribution < -0.4 is 0 Å². The Balaban J connectivity index is 1.50. The summed E-state index contributed by atoms with van der Waals surface area (Å²) in [6, 6.07) is 29.1. The Bertz CT molecular complexity index is 1850. The van der Waals surface area contributed by atoms with Gasteiger partial charge in [-0.15, -0.1) is 0 Å². The highest BCUT2D eigenvalue weighted by Crippen LogP contribution is 2.36. The number of para-hydroxylation sites is 5. The highest BCUT2D eigenvalue weighted by Gasteiger charge is 2.17. The molecule has 7 aromatic rings. The fraction of sp³-hybridized carbons (Fsp3) is 0.0714. The Morgan fingerprint density at radius 2 is 1.30 bits per heavy atom. The lowest BCUT2D eigenvalue weighted by Crippen LogP contribution is -1.97. The summed E-state index contributed by atoms with van der Waals surface area (Å²) >= 11 is 0. The number of furan rings is 1. The van der Waals surface area contributed by atoms with Crippen LogP contribution in [0, 0.1) is 13.8 Å². The second-order valence-corrected chi connectivity index (χ2v) is 8.40. The van der Waals surface area contributed by atoms with Gasteiger partial charge in [0.15, 0.2) is 5.58 Å². The van der Waals surface area contributed by atoms with E-state index < -0.39 is 0 Å². The molecular weight excluding hydrogens is 408 g/mol. The first-order valence-corrected chi connectivity index (χ1v) is 11.0. The van der Waals surface area contributed by atoms with Crippen molar-refractivity contribution in [2.24, 2.45) is 0 Å². The van der Waals surface area contributed by atoms with Crippen LogP contribution in [0.2, 0.25) is 0 Å². The quantitative estimate of drug-likeness (QED) is 0.301. The van der Waals surface area contributed by atoms with Crippen molar-refractivity contribution in [3.8, 4) is 11.4 Å². The number of nitrogens with zero attached hydrogens (tertiary/aromatic N) is 4. The van der Waals surface area contributed by atoms with Crippen LogP contribution >= 0.6 is 0 Å². The first-order valence-electron chi connectivity index (χ1n) is 11.0. The van der Waals surface area contributed by atoms with Crippen LogP contribution in [0.1, 0.15) is 11.6 Å². The number of hydrogen-bond acceptors (Lipinski definition) is 3. The molecule has 33 heavy (non-hydrogen) atoms. The van der Waals surface area contributed by atoms with E-state index in [0.29, 0.717) is 0 Å². The van der Waals surface area contributed by atoms with E-state index in [1.165, 1.54) is 0 Å². The molecule has 5 nitrogen and oxygen atoms in total. The molecule has 0 unspecified atom stereocenters. The molecule has 0 bridgehead atoms. The molecule has 0 aliphatic heterocycles. The average molecular weight is 428 g/mol. The minimum absolute atomic E-state index is 0.864. The summed E-state index contributed by atoms with van der Waals surface area (Å²) in [5, 5.41) is 2.17. The molecule has 7 rings (SSSR count). The molecule has 0 aliphatic carbocycles. The average Bonchev–Trinajstić information content (AvgIpc) is 3.48. The molecule has 0 aliphatic rings. The van der Waals surface area contributed by atoms with Gasteiger partial charge in [0.1, 0.15) is 17.2 Å². The van der Waals surface area contributed by atoms with E-state index in [4.69, 9.17) is 14.4 Å². The number of rotatable bonds is 2. The first kappa shape index (κ1) is 18.2. The monoisotopic (exact) mass is 428 g/mol. The van der Waals surface area contributed by atoms with E-state index in [-0.39, 0.29) is 0 Å². The standard InChI is InChI=1S/C28H20N4O/c1-17-29-22-9-3-5-11-24(22)31(17)19-14-15-27-21(16-19)20-8-7-13-26(28(20)33-27)32-18(2)30-23-10-4-6-12-25(23)32/h3-16H,1-2H3. The third-order valence-corrected chi connectivity index (χ3v) is 6.42. The molecule has 0 saturated carbocycles. The Morgan fingerprint density at radius 1 is 0.636 bits per heavy atom. The molecule has 3 heterocycles. The van der Waals surface area contributed by atoms with Crippen molar-refractivity contribution in [3.05, 3.63) is 96.6 Å². The number of imidazole rings is 2. The molecule has 3 aromatic heterocycles. The Morgan fingerprint density at radius 3 is 2.06 bits per heavy atom. The van der Waals surface area contributed by atoms with Crippen molar-refractivity contribution >= 4 is 44.0 Å². The van der Waals surface area contributed by atoms with Crippen LogP contribution in [-0.2, 0) is 0 Å². The summed E-state index contributed by atoms with van der Waals surface area (Å²) in [5.74, 6) is 1.90. The van der Waals surface area contributed by atoms with Gasteiger partial charge in [0, 0.05) is 16.5 Å². The van der Waals surface area contributed by atoms with E-state index in [1.54, 1.807) is 0 Å². The summed E-state index contributed by atoms with van der Waals surface area (Å²) in [7, 11) is 0. The first-order chi connectivity index (χ1) is 16.2. The third kappa shape index (κ3) is 2.53. The lowest BCUT2D eigenvalue weighted by molar-refractivity contribution is 0.665. The van der Waals surface area contributed by atoms with Crippen LogP contribution in [-0.4, -0.2) is 19.1 Å². The van der Waals surface area contributed by atoms with Crippen molar-refractivity contribution < 1.29 is 4.42 Å². The van der Waals surface area contributed by atoms with Gasteiger partial charge in [-0.25, -0.2) is 9.97 Å². The van der Waals surface area contributed by atoms with E-state index in [0.717, 1.165) is 67.0 Å². The van der Waals surface area contributed by atoms with Crippen LogP contribution in [0.3, 0.4) is 0 Å². The van der Waals surface area contributed by atoms with Gasteiger partial charge in [0.2, 0.25) is 0 Å². The van der Waals surface area contributed by atoms with Crippen molar-refractivity contribution in [1.29, 1.82) is 0 Å². The Hall–Kier alpha value is -4.38. The van der Waals surface area contributed by atoms with Crippen LogP contribution in [0.25, 0.3) is 55.4 Å². The van der Waals surface area contributed by atoms with Gasteiger partial charge >= 0.3 is 0 Å². The van der Waals surface area contributed by atoms with E-state index in [9.17, 15) is 0 Å². The zero-order chi connectivity index (χ0) is 22.1. The van der Waals surface area contributed by atoms with Gasteiger partial charge in [-0.05, 0) is 62.4 Å². The van der Waals surface area contributed by atoms with Crippen LogP contribution in [0.5, 0.6) is 0 Å². The van der Waals surface area contributed by atoms with Gasteiger partial charge in [-0.3, -0.25) is 9.13 Å². The number of aromatic nitrogens is 4. The molecule has 0 N–H and O–H groups in total. The van der Waals surface area contributed by atoms with Crippen LogP contribution in [0.4, 0.5) is 0 Å². The van der Waals surface area contributed by atoms with Crippen molar-refractivity contribution in [2.45, 2.75) is 13.8 Å². The summed E-state index contributed by atoms with van der Waals surface area (Å²) in [6.07, 6.45) is 0. The van der Waals surface area contributed by atoms with E-state index in [1.807, 2.05) is 38.1 Å². The van der Waals surface area contributed by atoms with Crippen molar-refractivity contribution in [2.75, 3.05) is 0 Å². The topological polar surface area (TPSA) is 48.8 Å².